The predicted octanol–water partition coefficient (Wildman–Crippen LogP) is 6.53. The molecular formula is C25H54N2O4S2. The molecular weight excluding hydrogens is 456 g/mol. The van der Waals surface area contributed by atoms with Gasteiger partial charge in [0.25, 0.3) is 0 Å². The number of hydrogen-bond donors (Lipinski definition) is 0. The zero-order valence-corrected chi connectivity index (χ0v) is 23.8. The van der Waals surface area contributed by atoms with Crippen LogP contribution in [0.1, 0.15) is 130 Å². The summed E-state index contributed by atoms with van der Waals surface area (Å²) in [5, 5.41) is -0.789. The molecule has 200 valence electrons. The highest BCUT2D eigenvalue weighted by molar-refractivity contribution is 8.05. The van der Waals surface area contributed by atoms with Gasteiger partial charge in [0.05, 0.1) is 0 Å². The van der Waals surface area contributed by atoms with Crippen molar-refractivity contribution in [2.75, 3.05) is 31.3 Å². The average molecular weight is 511 g/mol. The first kappa shape index (κ1) is 32.8. The van der Waals surface area contributed by atoms with Crippen LogP contribution in [0.4, 0.5) is 0 Å². The maximum absolute atomic E-state index is 13.3. The third-order valence-corrected chi connectivity index (χ3v) is 10.8. The quantitative estimate of drug-likeness (QED) is 0.138. The molecule has 0 amide bonds. The molecule has 0 fully saturated rings. The maximum atomic E-state index is 13.3. The Kier molecular flexibility index (Phi) is 19.9. The minimum atomic E-state index is -3.87. The molecule has 0 atom stereocenters. The lowest BCUT2D eigenvalue weighted by Crippen LogP contribution is -2.42. The van der Waals surface area contributed by atoms with Crippen LogP contribution in [-0.2, 0) is 20.0 Å². The van der Waals surface area contributed by atoms with E-state index < -0.39 is 25.1 Å². The lowest BCUT2D eigenvalue weighted by Gasteiger charge is -2.26. The Hall–Kier alpha value is -0.180. The van der Waals surface area contributed by atoms with Crippen molar-refractivity contribution >= 4 is 20.0 Å². The fraction of sp³-hybridized carbons (Fsp3) is 1.00. The Bertz CT molecular complexity index is 571. The molecule has 0 unspecified atom stereocenters. The van der Waals surface area contributed by atoms with Gasteiger partial charge in [0.1, 0.15) is 0 Å². The first-order valence-corrected chi connectivity index (χ1v) is 16.9. The van der Waals surface area contributed by atoms with E-state index in [0.29, 0.717) is 26.2 Å². The Morgan fingerprint density at radius 1 is 0.394 bits per heavy atom. The lowest BCUT2D eigenvalue weighted by atomic mass is 10.2. The summed E-state index contributed by atoms with van der Waals surface area (Å²) in [6, 6.07) is 0. The molecule has 0 aromatic rings. The summed E-state index contributed by atoms with van der Waals surface area (Å²) < 4.78 is 55.9. The van der Waals surface area contributed by atoms with Gasteiger partial charge in [0.2, 0.25) is 20.0 Å². The summed E-state index contributed by atoms with van der Waals surface area (Å²) >= 11 is 0. The van der Waals surface area contributed by atoms with Crippen molar-refractivity contribution in [3.05, 3.63) is 0 Å². The van der Waals surface area contributed by atoms with Crippen LogP contribution in [0.15, 0.2) is 0 Å². The standard InChI is InChI=1S/C25H54N2O4S2/c1-5-9-13-17-21-26(22-18-14-10-6-2)32(28,29)25-33(30,31)27(23-19-15-11-7-3)24-20-16-12-8-4/h5-25H2,1-4H3. The molecule has 0 bridgehead atoms. The minimum Gasteiger partial charge on any atom is -0.211 e. The zero-order valence-electron chi connectivity index (χ0n) is 22.2. The van der Waals surface area contributed by atoms with Crippen LogP contribution in [0, 0.1) is 0 Å². The molecule has 0 saturated heterocycles. The Labute approximate surface area is 207 Å². The smallest absolute Gasteiger partial charge is 0.211 e. The van der Waals surface area contributed by atoms with Crippen molar-refractivity contribution in [2.24, 2.45) is 0 Å². The van der Waals surface area contributed by atoms with E-state index in [0.717, 1.165) is 103 Å². The van der Waals surface area contributed by atoms with E-state index in [9.17, 15) is 16.8 Å². The van der Waals surface area contributed by atoms with E-state index in [1.165, 1.54) is 8.61 Å². The summed E-state index contributed by atoms with van der Waals surface area (Å²) in [6.45, 7) is 10.2. The number of sulfonamides is 2. The Balaban J connectivity index is 5.29. The normalized spacial score (nSPS) is 12.8. The molecule has 0 aliphatic carbocycles. The number of hydrogen-bond acceptors (Lipinski definition) is 4. The van der Waals surface area contributed by atoms with Crippen LogP contribution < -0.4 is 0 Å². The molecule has 0 aliphatic rings. The lowest BCUT2D eigenvalue weighted by molar-refractivity contribution is 0.379. The zero-order chi connectivity index (χ0) is 25.0. The second-order valence-corrected chi connectivity index (χ2v) is 13.7. The second-order valence-electron chi connectivity index (χ2n) is 9.38. The summed E-state index contributed by atoms with van der Waals surface area (Å²) in [4.78, 5) is 0. The first-order chi connectivity index (χ1) is 15.7. The third kappa shape index (κ3) is 16.2. The highest BCUT2D eigenvalue weighted by Gasteiger charge is 2.32. The van der Waals surface area contributed by atoms with Gasteiger partial charge in [-0.05, 0) is 25.7 Å². The van der Waals surface area contributed by atoms with Gasteiger partial charge in [-0.2, -0.15) is 0 Å². The van der Waals surface area contributed by atoms with E-state index in [-0.39, 0.29) is 0 Å². The molecule has 33 heavy (non-hydrogen) atoms. The maximum Gasteiger partial charge on any atom is 0.229 e. The summed E-state index contributed by atoms with van der Waals surface area (Å²) in [5.41, 5.74) is 0. The van der Waals surface area contributed by atoms with Crippen LogP contribution in [-0.4, -0.2) is 56.7 Å². The van der Waals surface area contributed by atoms with Crippen LogP contribution in [0.3, 0.4) is 0 Å². The largest absolute Gasteiger partial charge is 0.229 e. The van der Waals surface area contributed by atoms with Crippen molar-refractivity contribution in [1.82, 2.24) is 8.61 Å². The van der Waals surface area contributed by atoms with Gasteiger partial charge in [-0.1, -0.05) is 105 Å². The van der Waals surface area contributed by atoms with E-state index in [2.05, 4.69) is 27.7 Å². The highest BCUT2D eigenvalue weighted by atomic mass is 32.3. The SMILES string of the molecule is CCCCCCN(CCCCCC)S(=O)(=O)CS(=O)(=O)N(CCCCCC)CCCCCC. The van der Waals surface area contributed by atoms with E-state index in [1.54, 1.807) is 0 Å². The Morgan fingerprint density at radius 3 is 0.848 bits per heavy atom. The van der Waals surface area contributed by atoms with Crippen molar-refractivity contribution in [2.45, 2.75) is 130 Å². The number of rotatable bonds is 24. The molecule has 0 radical (unpaired) electrons. The molecule has 0 saturated carbocycles. The fourth-order valence-corrected chi connectivity index (χ4v) is 8.30. The van der Waals surface area contributed by atoms with E-state index in [4.69, 9.17) is 0 Å². The molecule has 0 N–H and O–H groups in total. The van der Waals surface area contributed by atoms with Crippen molar-refractivity contribution < 1.29 is 16.8 Å². The first-order valence-electron chi connectivity index (χ1n) is 13.7. The monoisotopic (exact) mass is 510 g/mol. The minimum absolute atomic E-state index is 0.428. The van der Waals surface area contributed by atoms with Gasteiger partial charge in [-0.25, -0.2) is 25.4 Å². The van der Waals surface area contributed by atoms with Gasteiger partial charge in [0, 0.05) is 26.2 Å². The number of nitrogens with zero attached hydrogens (tertiary/aromatic N) is 2. The number of unbranched alkanes of at least 4 members (excludes halogenated alkanes) is 12. The van der Waals surface area contributed by atoms with Gasteiger partial charge in [0.15, 0.2) is 5.08 Å². The summed E-state index contributed by atoms with van der Waals surface area (Å²) in [6.07, 6.45) is 15.7. The molecule has 0 heterocycles. The van der Waals surface area contributed by atoms with E-state index in [1.807, 2.05) is 0 Å². The molecule has 0 rings (SSSR count). The van der Waals surface area contributed by atoms with Crippen molar-refractivity contribution in [1.29, 1.82) is 0 Å². The molecule has 0 aliphatic heterocycles. The van der Waals surface area contributed by atoms with Crippen LogP contribution in [0.5, 0.6) is 0 Å². The molecule has 0 aromatic heterocycles. The molecule has 0 spiro atoms. The average Bonchev–Trinajstić information content (AvgIpc) is 2.75. The third-order valence-electron chi connectivity index (χ3n) is 6.13. The van der Waals surface area contributed by atoms with Crippen molar-refractivity contribution in [3.8, 4) is 0 Å². The molecule has 0 aromatic carbocycles. The Morgan fingerprint density at radius 2 is 0.636 bits per heavy atom. The van der Waals surface area contributed by atoms with Gasteiger partial charge < -0.3 is 0 Å². The summed E-state index contributed by atoms with van der Waals surface area (Å²) in [7, 11) is -7.73. The van der Waals surface area contributed by atoms with Crippen molar-refractivity contribution in [3.63, 3.8) is 0 Å². The van der Waals surface area contributed by atoms with Gasteiger partial charge in [-0.3, -0.25) is 0 Å². The predicted molar refractivity (Wildman–Crippen MR) is 142 cm³/mol. The topological polar surface area (TPSA) is 74.8 Å². The van der Waals surface area contributed by atoms with Crippen LogP contribution in [0.2, 0.25) is 0 Å². The molecule has 6 nitrogen and oxygen atoms in total. The summed E-state index contributed by atoms with van der Waals surface area (Å²) in [5.74, 6) is 0. The van der Waals surface area contributed by atoms with Crippen LogP contribution in [0.25, 0.3) is 0 Å². The van der Waals surface area contributed by atoms with Gasteiger partial charge in [-0.15, -0.1) is 0 Å². The highest BCUT2D eigenvalue weighted by Crippen LogP contribution is 2.16. The molecule has 8 heteroatoms. The van der Waals surface area contributed by atoms with Gasteiger partial charge >= 0.3 is 0 Å². The van der Waals surface area contributed by atoms with Crippen LogP contribution >= 0.6 is 0 Å². The second kappa shape index (κ2) is 20.1. The fourth-order valence-electron chi connectivity index (χ4n) is 3.98. The van der Waals surface area contributed by atoms with E-state index >= 15 is 0 Å².